The minimum atomic E-state index is -0.618. The molecule has 0 aromatic carbocycles. The molecule has 1 aliphatic heterocycles. The van der Waals surface area contributed by atoms with Gasteiger partial charge in [-0.25, -0.2) is 9.97 Å². The number of anilines is 2. The summed E-state index contributed by atoms with van der Waals surface area (Å²) in [6, 6.07) is 5.61. The highest BCUT2D eigenvalue weighted by atomic mass is 32.2. The molecular weight excluding hydrogens is 312 g/mol. The van der Waals surface area contributed by atoms with Gasteiger partial charge in [-0.1, -0.05) is 0 Å². The number of hydrogen-bond donors (Lipinski definition) is 2. The molecule has 1 aliphatic rings. The van der Waals surface area contributed by atoms with Crippen LogP contribution in [0.5, 0.6) is 0 Å². The highest BCUT2D eigenvalue weighted by Gasteiger charge is 2.16. The zero-order chi connectivity index (χ0) is 16.1. The summed E-state index contributed by atoms with van der Waals surface area (Å²) in [5, 5.41) is 13.5. The number of aliphatic hydroxyl groups is 1. The Morgan fingerprint density at radius 3 is 2.96 bits per heavy atom. The Hall–Kier alpha value is -1.73. The maximum Gasteiger partial charge on any atom is 0.134 e. The lowest BCUT2D eigenvalue weighted by Gasteiger charge is -2.27. The second-order valence-electron chi connectivity index (χ2n) is 5.67. The average Bonchev–Trinajstić information content (AvgIpc) is 3.10. The third-order valence-corrected chi connectivity index (χ3v) is 4.77. The van der Waals surface area contributed by atoms with Crippen LogP contribution >= 0.6 is 11.8 Å². The van der Waals surface area contributed by atoms with E-state index < -0.39 is 6.10 Å². The van der Waals surface area contributed by atoms with Crippen molar-refractivity contribution in [2.45, 2.75) is 25.5 Å². The van der Waals surface area contributed by atoms with Gasteiger partial charge in [0, 0.05) is 43.1 Å². The van der Waals surface area contributed by atoms with Crippen molar-refractivity contribution in [2.75, 3.05) is 34.8 Å². The molecule has 23 heavy (non-hydrogen) atoms. The van der Waals surface area contributed by atoms with Gasteiger partial charge in [0.1, 0.15) is 29.8 Å². The Balaban J connectivity index is 1.58. The van der Waals surface area contributed by atoms with E-state index in [1.807, 2.05) is 24.8 Å². The summed E-state index contributed by atoms with van der Waals surface area (Å²) in [7, 11) is 0. The highest BCUT2D eigenvalue weighted by Crippen LogP contribution is 2.22. The Labute approximate surface area is 140 Å². The second kappa shape index (κ2) is 7.70. The fourth-order valence-corrected chi connectivity index (χ4v) is 3.54. The van der Waals surface area contributed by atoms with Gasteiger partial charge in [0.2, 0.25) is 0 Å². The molecule has 2 N–H and O–H groups in total. The average molecular weight is 334 g/mol. The zero-order valence-corrected chi connectivity index (χ0v) is 14.0. The molecule has 0 radical (unpaired) electrons. The van der Waals surface area contributed by atoms with E-state index >= 15 is 0 Å². The minimum absolute atomic E-state index is 0.0646. The third-order valence-electron chi connectivity index (χ3n) is 3.83. The van der Waals surface area contributed by atoms with Crippen LogP contribution in [0.1, 0.15) is 25.2 Å². The fraction of sp³-hybridized carbons (Fsp3) is 0.500. The number of aromatic nitrogens is 2. The van der Waals surface area contributed by atoms with Crippen LogP contribution in [-0.4, -0.2) is 45.7 Å². The summed E-state index contributed by atoms with van der Waals surface area (Å²) < 4.78 is 5.23. The fourth-order valence-electron chi connectivity index (χ4n) is 2.63. The first-order valence-electron chi connectivity index (χ1n) is 7.85. The predicted molar refractivity (Wildman–Crippen MR) is 92.9 cm³/mol. The lowest BCUT2D eigenvalue weighted by atomic mass is 10.1. The summed E-state index contributed by atoms with van der Waals surface area (Å²) in [5.74, 6) is 4.61. The van der Waals surface area contributed by atoms with E-state index in [2.05, 4.69) is 20.2 Å². The molecule has 124 valence electrons. The van der Waals surface area contributed by atoms with Crippen molar-refractivity contribution in [3.8, 4) is 0 Å². The van der Waals surface area contributed by atoms with Gasteiger partial charge < -0.3 is 19.7 Å². The van der Waals surface area contributed by atoms with Crippen molar-refractivity contribution in [1.29, 1.82) is 0 Å². The van der Waals surface area contributed by atoms with Crippen LogP contribution < -0.4 is 10.2 Å². The van der Waals surface area contributed by atoms with Gasteiger partial charge in [-0.2, -0.15) is 11.8 Å². The van der Waals surface area contributed by atoms with Gasteiger partial charge in [-0.05, 0) is 19.1 Å². The molecule has 2 atom stereocenters. The number of hydrogen-bond acceptors (Lipinski definition) is 7. The molecule has 7 heteroatoms. The van der Waals surface area contributed by atoms with Crippen LogP contribution in [0.3, 0.4) is 0 Å². The molecule has 3 rings (SSSR count). The number of rotatable bonds is 6. The van der Waals surface area contributed by atoms with Gasteiger partial charge in [0.15, 0.2) is 0 Å². The largest absolute Gasteiger partial charge is 0.467 e. The maximum absolute atomic E-state index is 10.1. The Morgan fingerprint density at radius 1 is 1.39 bits per heavy atom. The third kappa shape index (κ3) is 4.39. The molecular formula is C16H22N4O2S. The van der Waals surface area contributed by atoms with E-state index in [1.54, 1.807) is 24.7 Å². The molecule has 3 heterocycles. The van der Waals surface area contributed by atoms with Crippen LogP contribution in [0.15, 0.2) is 35.2 Å². The Bertz CT molecular complexity index is 602. The standard InChI is InChI=1S/C16H22N4O2S/c1-12(9-13(21)14-3-2-6-22-14)19-15-10-16(18-11-17-15)20-4-7-23-8-5-20/h2-3,6,10-13,21H,4-5,7-9H2,1H3,(H,17,18,19)/t12-,13+/m0/s1. The van der Waals surface area contributed by atoms with Crippen LogP contribution in [0, 0.1) is 0 Å². The van der Waals surface area contributed by atoms with Gasteiger partial charge in [-0.3, -0.25) is 0 Å². The van der Waals surface area contributed by atoms with E-state index in [9.17, 15) is 5.11 Å². The van der Waals surface area contributed by atoms with Crippen molar-refractivity contribution in [3.63, 3.8) is 0 Å². The maximum atomic E-state index is 10.1. The number of furan rings is 1. The number of thioether (sulfide) groups is 1. The SMILES string of the molecule is C[C@@H](C[C@@H](O)c1ccco1)Nc1cc(N2CCSCC2)ncn1. The van der Waals surface area contributed by atoms with Crippen molar-refractivity contribution in [1.82, 2.24) is 9.97 Å². The molecule has 1 saturated heterocycles. The quantitative estimate of drug-likeness (QED) is 0.841. The summed E-state index contributed by atoms with van der Waals surface area (Å²) in [5.41, 5.74) is 0. The van der Waals surface area contributed by atoms with Crippen molar-refractivity contribution >= 4 is 23.4 Å². The number of aliphatic hydroxyl groups excluding tert-OH is 1. The first-order chi connectivity index (χ1) is 11.2. The molecule has 6 nitrogen and oxygen atoms in total. The topological polar surface area (TPSA) is 74.4 Å². The van der Waals surface area contributed by atoms with Gasteiger partial charge in [-0.15, -0.1) is 0 Å². The van der Waals surface area contributed by atoms with Crippen LogP contribution in [0.4, 0.5) is 11.6 Å². The van der Waals surface area contributed by atoms with Crippen molar-refractivity contribution in [3.05, 3.63) is 36.5 Å². The van der Waals surface area contributed by atoms with Gasteiger partial charge in [0.05, 0.1) is 6.26 Å². The van der Waals surface area contributed by atoms with E-state index in [4.69, 9.17) is 4.42 Å². The summed E-state index contributed by atoms with van der Waals surface area (Å²) >= 11 is 1.98. The lowest BCUT2D eigenvalue weighted by molar-refractivity contribution is 0.136. The first-order valence-corrected chi connectivity index (χ1v) is 9.00. The molecule has 0 aliphatic carbocycles. The molecule has 0 saturated carbocycles. The van der Waals surface area contributed by atoms with E-state index in [0.717, 1.165) is 36.2 Å². The van der Waals surface area contributed by atoms with Gasteiger partial charge in [0.25, 0.3) is 0 Å². The zero-order valence-electron chi connectivity index (χ0n) is 13.2. The molecule has 0 unspecified atom stereocenters. The molecule has 0 spiro atoms. The smallest absolute Gasteiger partial charge is 0.134 e. The summed E-state index contributed by atoms with van der Waals surface area (Å²) in [4.78, 5) is 10.9. The summed E-state index contributed by atoms with van der Waals surface area (Å²) in [6.45, 7) is 4.06. The normalized spacial score (nSPS) is 17.7. The first kappa shape index (κ1) is 16.1. The van der Waals surface area contributed by atoms with Crippen LogP contribution in [0.25, 0.3) is 0 Å². The Kier molecular flexibility index (Phi) is 5.40. The highest BCUT2D eigenvalue weighted by molar-refractivity contribution is 7.99. The van der Waals surface area contributed by atoms with Gasteiger partial charge >= 0.3 is 0 Å². The predicted octanol–water partition coefficient (Wildman–Crippen LogP) is 2.55. The molecule has 0 bridgehead atoms. The monoisotopic (exact) mass is 334 g/mol. The van der Waals surface area contributed by atoms with Crippen molar-refractivity contribution < 1.29 is 9.52 Å². The minimum Gasteiger partial charge on any atom is -0.467 e. The van der Waals surface area contributed by atoms with E-state index in [1.165, 1.54) is 0 Å². The van der Waals surface area contributed by atoms with E-state index in [0.29, 0.717) is 12.2 Å². The lowest BCUT2D eigenvalue weighted by Crippen LogP contribution is -2.33. The molecule has 2 aromatic rings. The van der Waals surface area contributed by atoms with Crippen LogP contribution in [0.2, 0.25) is 0 Å². The molecule has 2 aromatic heterocycles. The molecule has 0 amide bonds. The summed E-state index contributed by atoms with van der Waals surface area (Å²) in [6.07, 6.45) is 3.10. The number of nitrogens with zero attached hydrogens (tertiary/aromatic N) is 3. The van der Waals surface area contributed by atoms with E-state index in [-0.39, 0.29) is 6.04 Å². The second-order valence-corrected chi connectivity index (χ2v) is 6.90. The van der Waals surface area contributed by atoms with Crippen LogP contribution in [-0.2, 0) is 0 Å². The Morgan fingerprint density at radius 2 is 2.22 bits per heavy atom. The number of nitrogens with one attached hydrogen (secondary N) is 1. The van der Waals surface area contributed by atoms with Crippen molar-refractivity contribution in [2.24, 2.45) is 0 Å². The molecule has 1 fully saturated rings.